The molecule has 0 saturated carbocycles. The molecule has 1 aromatic heterocycles. The highest BCUT2D eigenvalue weighted by atomic mass is 16.2. The SMILES string of the molecule is O=C(NNC(=O)c1ccccc1-c1ccccc1)c1ccc(-n2cnnn2)cc1. The molecular weight excluding hydrogens is 368 g/mol. The van der Waals surface area contributed by atoms with Crippen LogP contribution in [0.25, 0.3) is 16.8 Å². The second kappa shape index (κ2) is 8.13. The standard InChI is InChI=1S/C21H16N6O2/c28-20(16-10-12-17(13-11-16)27-14-22-25-26-27)23-24-21(29)19-9-5-4-8-18(19)15-6-2-1-3-7-15/h1-14H,(H,23,28)(H,24,29). The number of hydrazine groups is 1. The molecule has 0 radical (unpaired) electrons. The number of nitrogens with one attached hydrogen (secondary N) is 2. The van der Waals surface area contributed by atoms with Crippen LogP contribution in [0.1, 0.15) is 20.7 Å². The number of rotatable bonds is 4. The van der Waals surface area contributed by atoms with Crippen molar-refractivity contribution in [1.29, 1.82) is 0 Å². The van der Waals surface area contributed by atoms with Crippen molar-refractivity contribution in [3.63, 3.8) is 0 Å². The highest BCUT2D eigenvalue weighted by Crippen LogP contribution is 2.23. The Hall–Kier alpha value is -4.33. The molecule has 2 N–H and O–H groups in total. The van der Waals surface area contributed by atoms with Crippen molar-refractivity contribution in [2.45, 2.75) is 0 Å². The van der Waals surface area contributed by atoms with Gasteiger partial charge in [-0.05, 0) is 51.9 Å². The zero-order chi connectivity index (χ0) is 20.1. The van der Waals surface area contributed by atoms with Gasteiger partial charge < -0.3 is 0 Å². The number of carbonyl (C=O) groups is 2. The van der Waals surface area contributed by atoms with Crippen LogP contribution in [0.2, 0.25) is 0 Å². The minimum absolute atomic E-state index is 0.387. The molecule has 0 unspecified atom stereocenters. The Bertz CT molecular complexity index is 1130. The van der Waals surface area contributed by atoms with Crippen molar-refractivity contribution in [3.8, 4) is 16.8 Å². The Labute approximate surface area is 166 Å². The fraction of sp³-hybridized carbons (Fsp3) is 0. The first-order valence-corrected chi connectivity index (χ1v) is 8.81. The number of hydrogen-bond donors (Lipinski definition) is 2. The van der Waals surface area contributed by atoms with Gasteiger partial charge in [-0.3, -0.25) is 20.4 Å². The predicted molar refractivity (Wildman–Crippen MR) is 106 cm³/mol. The molecule has 8 heteroatoms. The zero-order valence-corrected chi connectivity index (χ0v) is 15.2. The average molecular weight is 384 g/mol. The van der Waals surface area contributed by atoms with Crippen LogP contribution in [0, 0.1) is 0 Å². The van der Waals surface area contributed by atoms with Gasteiger partial charge in [0.1, 0.15) is 6.33 Å². The lowest BCUT2D eigenvalue weighted by atomic mass is 9.99. The van der Waals surface area contributed by atoms with E-state index >= 15 is 0 Å². The summed E-state index contributed by atoms with van der Waals surface area (Å²) in [5.74, 6) is -0.832. The quantitative estimate of drug-likeness (QED) is 0.526. The van der Waals surface area contributed by atoms with Crippen LogP contribution in [0.3, 0.4) is 0 Å². The van der Waals surface area contributed by atoms with E-state index in [2.05, 4.69) is 26.4 Å². The van der Waals surface area contributed by atoms with Gasteiger partial charge in [0.2, 0.25) is 0 Å². The van der Waals surface area contributed by atoms with E-state index in [1.165, 1.54) is 11.0 Å². The molecule has 0 aliphatic rings. The molecule has 142 valence electrons. The van der Waals surface area contributed by atoms with Crippen LogP contribution in [0.5, 0.6) is 0 Å². The summed E-state index contributed by atoms with van der Waals surface area (Å²) in [7, 11) is 0. The minimum Gasteiger partial charge on any atom is -0.267 e. The van der Waals surface area contributed by atoms with Crippen LogP contribution in [-0.2, 0) is 0 Å². The van der Waals surface area contributed by atoms with Crippen LogP contribution in [0.4, 0.5) is 0 Å². The summed E-state index contributed by atoms with van der Waals surface area (Å²) in [5.41, 5.74) is 8.19. The normalized spacial score (nSPS) is 10.3. The van der Waals surface area contributed by atoms with E-state index in [1.807, 2.05) is 42.5 Å². The number of amides is 2. The summed E-state index contributed by atoms with van der Waals surface area (Å²) in [6, 6.07) is 23.5. The highest BCUT2D eigenvalue weighted by molar-refractivity contribution is 6.03. The molecule has 0 bridgehead atoms. The fourth-order valence-electron chi connectivity index (χ4n) is 2.85. The molecule has 4 rings (SSSR count). The summed E-state index contributed by atoms with van der Waals surface area (Å²) in [4.78, 5) is 25.0. The van der Waals surface area contributed by atoms with E-state index in [4.69, 9.17) is 0 Å². The van der Waals surface area contributed by atoms with Gasteiger partial charge in [0.15, 0.2) is 0 Å². The van der Waals surface area contributed by atoms with Gasteiger partial charge in [-0.1, -0.05) is 48.5 Å². The average Bonchev–Trinajstić information content (AvgIpc) is 3.33. The van der Waals surface area contributed by atoms with Crippen molar-refractivity contribution in [2.75, 3.05) is 0 Å². The van der Waals surface area contributed by atoms with Crippen molar-refractivity contribution < 1.29 is 9.59 Å². The Balaban J connectivity index is 1.44. The van der Waals surface area contributed by atoms with Crippen LogP contribution < -0.4 is 10.9 Å². The van der Waals surface area contributed by atoms with E-state index in [9.17, 15) is 9.59 Å². The first kappa shape index (κ1) is 18.1. The van der Waals surface area contributed by atoms with E-state index in [1.54, 1.807) is 36.4 Å². The van der Waals surface area contributed by atoms with Crippen molar-refractivity contribution in [2.24, 2.45) is 0 Å². The van der Waals surface area contributed by atoms with Gasteiger partial charge in [0.05, 0.1) is 5.69 Å². The molecule has 0 spiro atoms. The number of tetrazole rings is 1. The van der Waals surface area contributed by atoms with Gasteiger partial charge >= 0.3 is 0 Å². The molecule has 0 aliphatic heterocycles. The van der Waals surface area contributed by atoms with Gasteiger partial charge in [0, 0.05) is 11.1 Å². The first-order chi connectivity index (χ1) is 14.2. The maximum Gasteiger partial charge on any atom is 0.270 e. The van der Waals surface area contributed by atoms with E-state index in [0.29, 0.717) is 16.8 Å². The Morgan fingerprint density at radius 2 is 1.45 bits per heavy atom. The van der Waals surface area contributed by atoms with Gasteiger partial charge in [-0.25, -0.2) is 4.68 Å². The summed E-state index contributed by atoms with van der Waals surface area (Å²) < 4.78 is 1.48. The third kappa shape index (κ3) is 4.01. The predicted octanol–water partition coefficient (Wildman–Crippen LogP) is 2.40. The maximum atomic E-state index is 12.6. The number of carbonyl (C=O) groups excluding carboxylic acids is 2. The van der Waals surface area contributed by atoms with Gasteiger partial charge in [0.25, 0.3) is 11.8 Å². The molecule has 0 aliphatic carbocycles. The molecule has 0 saturated heterocycles. The highest BCUT2D eigenvalue weighted by Gasteiger charge is 2.13. The third-order valence-electron chi connectivity index (χ3n) is 4.29. The lowest BCUT2D eigenvalue weighted by molar-refractivity contribution is 0.0847. The molecule has 0 atom stereocenters. The topological polar surface area (TPSA) is 102 Å². The van der Waals surface area contributed by atoms with Gasteiger partial charge in [-0.15, -0.1) is 5.10 Å². The Morgan fingerprint density at radius 1 is 0.759 bits per heavy atom. The van der Waals surface area contributed by atoms with Crippen molar-refractivity contribution in [3.05, 3.63) is 96.3 Å². The van der Waals surface area contributed by atoms with Gasteiger partial charge in [-0.2, -0.15) is 0 Å². The first-order valence-electron chi connectivity index (χ1n) is 8.81. The number of benzene rings is 3. The maximum absolute atomic E-state index is 12.6. The van der Waals surface area contributed by atoms with E-state index in [-0.39, 0.29) is 0 Å². The molecule has 1 heterocycles. The molecule has 2 amide bonds. The number of hydrogen-bond acceptors (Lipinski definition) is 5. The summed E-state index contributed by atoms with van der Waals surface area (Å²) in [5, 5.41) is 10.9. The molecule has 8 nitrogen and oxygen atoms in total. The lowest BCUT2D eigenvalue weighted by Gasteiger charge is -2.11. The van der Waals surface area contributed by atoms with Crippen molar-refractivity contribution >= 4 is 11.8 Å². The van der Waals surface area contributed by atoms with Crippen molar-refractivity contribution in [1.82, 2.24) is 31.1 Å². The molecule has 3 aromatic carbocycles. The summed E-state index contributed by atoms with van der Waals surface area (Å²) in [6.45, 7) is 0. The monoisotopic (exact) mass is 384 g/mol. The second-order valence-electron chi connectivity index (χ2n) is 6.12. The molecule has 4 aromatic rings. The Morgan fingerprint density at radius 3 is 2.17 bits per heavy atom. The van der Waals surface area contributed by atoms with Crippen LogP contribution in [-0.4, -0.2) is 32.0 Å². The smallest absolute Gasteiger partial charge is 0.267 e. The fourth-order valence-corrected chi connectivity index (χ4v) is 2.85. The summed E-state index contributed by atoms with van der Waals surface area (Å²) in [6.07, 6.45) is 1.46. The van der Waals surface area contributed by atoms with E-state index in [0.717, 1.165) is 11.1 Å². The summed E-state index contributed by atoms with van der Waals surface area (Å²) >= 11 is 0. The molecular formula is C21H16N6O2. The van der Waals surface area contributed by atoms with E-state index < -0.39 is 11.8 Å². The lowest BCUT2D eigenvalue weighted by Crippen LogP contribution is -2.41. The number of aromatic nitrogens is 4. The zero-order valence-electron chi connectivity index (χ0n) is 15.2. The Kier molecular flexibility index (Phi) is 5.06. The third-order valence-corrected chi connectivity index (χ3v) is 4.29. The minimum atomic E-state index is -0.432. The molecule has 29 heavy (non-hydrogen) atoms. The molecule has 0 fully saturated rings. The van der Waals surface area contributed by atoms with Crippen LogP contribution >= 0.6 is 0 Å². The largest absolute Gasteiger partial charge is 0.270 e. The second-order valence-corrected chi connectivity index (χ2v) is 6.12. The number of nitrogens with zero attached hydrogens (tertiary/aromatic N) is 4. The van der Waals surface area contributed by atoms with Crippen LogP contribution in [0.15, 0.2) is 85.2 Å².